The SMILES string of the molecule is NC(C(=O)O)c1csc(-c2ccc3ccccc3c2)n1. The Hall–Kier alpha value is -2.24. The van der Waals surface area contributed by atoms with E-state index < -0.39 is 12.0 Å². The summed E-state index contributed by atoms with van der Waals surface area (Å²) in [7, 11) is 0. The Morgan fingerprint density at radius 1 is 1.20 bits per heavy atom. The number of carbonyl (C=O) groups is 1. The van der Waals surface area contributed by atoms with Gasteiger partial charge >= 0.3 is 5.97 Å². The third-order valence-corrected chi connectivity index (χ3v) is 4.01. The first-order chi connectivity index (χ1) is 9.65. The number of aliphatic carboxylic acids is 1. The zero-order valence-electron chi connectivity index (χ0n) is 10.5. The number of nitrogens with zero attached hydrogens (tertiary/aromatic N) is 1. The van der Waals surface area contributed by atoms with Crippen molar-refractivity contribution in [3.8, 4) is 10.6 Å². The molecule has 0 saturated heterocycles. The van der Waals surface area contributed by atoms with Gasteiger partial charge in [0.1, 0.15) is 11.0 Å². The fourth-order valence-corrected chi connectivity index (χ4v) is 2.86. The molecule has 100 valence electrons. The quantitative estimate of drug-likeness (QED) is 0.775. The van der Waals surface area contributed by atoms with Crippen molar-refractivity contribution in [2.24, 2.45) is 5.73 Å². The van der Waals surface area contributed by atoms with E-state index in [1.165, 1.54) is 11.3 Å². The molecule has 0 aliphatic carbocycles. The molecule has 0 spiro atoms. The second-order valence-electron chi connectivity index (χ2n) is 4.46. The van der Waals surface area contributed by atoms with Crippen molar-refractivity contribution in [2.45, 2.75) is 6.04 Å². The molecule has 3 aromatic rings. The van der Waals surface area contributed by atoms with Gasteiger partial charge in [0, 0.05) is 10.9 Å². The van der Waals surface area contributed by atoms with Crippen molar-refractivity contribution in [2.75, 3.05) is 0 Å². The zero-order valence-corrected chi connectivity index (χ0v) is 11.3. The van der Waals surface area contributed by atoms with Gasteiger partial charge in [-0.05, 0) is 16.8 Å². The summed E-state index contributed by atoms with van der Waals surface area (Å²) in [5, 5.41) is 13.7. The number of aromatic nitrogens is 1. The summed E-state index contributed by atoms with van der Waals surface area (Å²) >= 11 is 1.40. The van der Waals surface area contributed by atoms with Crippen LogP contribution in [0.5, 0.6) is 0 Å². The molecule has 20 heavy (non-hydrogen) atoms. The minimum atomic E-state index is -1.07. The minimum Gasteiger partial charge on any atom is -0.480 e. The first-order valence-electron chi connectivity index (χ1n) is 6.08. The van der Waals surface area contributed by atoms with Gasteiger partial charge in [0.25, 0.3) is 0 Å². The standard InChI is InChI=1S/C15H12N2O2S/c16-13(15(18)19)12-8-20-14(17-12)11-6-5-9-3-1-2-4-10(9)7-11/h1-8,13H,16H2,(H,18,19). The Morgan fingerprint density at radius 3 is 2.70 bits per heavy atom. The summed E-state index contributed by atoms with van der Waals surface area (Å²) in [5.74, 6) is -1.07. The number of thiazole rings is 1. The Bertz CT molecular complexity index is 782. The molecule has 1 unspecified atom stereocenters. The van der Waals surface area contributed by atoms with Crippen molar-refractivity contribution in [1.29, 1.82) is 0 Å². The topological polar surface area (TPSA) is 76.2 Å². The minimum absolute atomic E-state index is 0.394. The maximum atomic E-state index is 10.9. The molecule has 0 saturated carbocycles. The number of benzene rings is 2. The van der Waals surface area contributed by atoms with Gasteiger partial charge < -0.3 is 10.8 Å². The average Bonchev–Trinajstić information content (AvgIpc) is 2.95. The van der Waals surface area contributed by atoms with Gasteiger partial charge in [-0.1, -0.05) is 36.4 Å². The largest absolute Gasteiger partial charge is 0.480 e. The lowest BCUT2D eigenvalue weighted by Crippen LogP contribution is -2.20. The Labute approximate surface area is 119 Å². The van der Waals surface area contributed by atoms with Crippen LogP contribution in [0.3, 0.4) is 0 Å². The van der Waals surface area contributed by atoms with Gasteiger partial charge in [-0.25, -0.2) is 4.98 Å². The van der Waals surface area contributed by atoms with Gasteiger partial charge in [-0.3, -0.25) is 4.79 Å². The van der Waals surface area contributed by atoms with Crippen molar-refractivity contribution in [1.82, 2.24) is 4.98 Å². The van der Waals surface area contributed by atoms with E-state index in [0.717, 1.165) is 21.3 Å². The molecular formula is C15H12N2O2S. The molecule has 2 aromatic carbocycles. The molecule has 1 atom stereocenters. The lowest BCUT2D eigenvalue weighted by Gasteiger charge is -2.02. The fourth-order valence-electron chi connectivity index (χ4n) is 2.01. The third-order valence-electron chi connectivity index (χ3n) is 3.10. The van der Waals surface area contributed by atoms with Crippen LogP contribution in [0, 0.1) is 0 Å². The van der Waals surface area contributed by atoms with Crippen LogP contribution in [0.25, 0.3) is 21.3 Å². The van der Waals surface area contributed by atoms with Gasteiger partial charge in [-0.15, -0.1) is 11.3 Å². The van der Waals surface area contributed by atoms with Crippen LogP contribution >= 0.6 is 11.3 Å². The molecule has 4 nitrogen and oxygen atoms in total. The van der Waals surface area contributed by atoms with Gasteiger partial charge in [-0.2, -0.15) is 0 Å². The second-order valence-corrected chi connectivity index (χ2v) is 5.31. The van der Waals surface area contributed by atoms with Crippen molar-refractivity contribution in [3.05, 3.63) is 53.5 Å². The number of nitrogens with two attached hydrogens (primary N) is 1. The molecule has 0 aliphatic heterocycles. The van der Waals surface area contributed by atoms with Crippen molar-refractivity contribution in [3.63, 3.8) is 0 Å². The van der Waals surface area contributed by atoms with Crippen LogP contribution in [0.4, 0.5) is 0 Å². The molecule has 1 heterocycles. The van der Waals surface area contributed by atoms with Crippen LogP contribution < -0.4 is 5.73 Å². The Balaban J connectivity index is 2.01. The first-order valence-corrected chi connectivity index (χ1v) is 6.96. The predicted octanol–water partition coefficient (Wildman–Crippen LogP) is 3.05. The summed E-state index contributed by atoms with van der Waals surface area (Å²) in [6.45, 7) is 0. The number of hydrogen-bond donors (Lipinski definition) is 2. The van der Waals surface area contributed by atoms with E-state index in [-0.39, 0.29) is 0 Å². The molecule has 0 aliphatic rings. The smallest absolute Gasteiger partial charge is 0.326 e. The normalized spacial score (nSPS) is 12.4. The number of rotatable bonds is 3. The predicted molar refractivity (Wildman–Crippen MR) is 79.6 cm³/mol. The van der Waals surface area contributed by atoms with Gasteiger partial charge in [0.2, 0.25) is 0 Å². The highest BCUT2D eigenvalue weighted by Gasteiger charge is 2.18. The van der Waals surface area contributed by atoms with Crippen molar-refractivity contribution >= 4 is 28.1 Å². The maximum absolute atomic E-state index is 10.9. The summed E-state index contributed by atoms with van der Waals surface area (Å²) in [6.07, 6.45) is 0. The van der Waals surface area contributed by atoms with Crippen LogP contribution in [-0.4, -0.2) is 16.1 Å². The lowest BCUT2D eigenvalue weighted by molar-refractivity contribution is -0.138. The van der Waals surface area contributed by atoms with E-state index in [4.69, 9.17) is 10.8 Å². The zero-order chi connectivity index (χ0) is 14.1. The highest BCUT2D eigenvalue weighted by atomic mass is 32.1. The van der Waals surface area contributed by atoms with E-state index in [9.17, 15) is 4.79 Å². The number of hydrogen-bond acceptors (Lipinski definition) is 4. The van der Waals surface area contributed by atoms with E-state index in [0.29, 0.717) is 5.69 Å². The van der Waals surface area contributed by atoms with Crippen LogP contribution in [-0.2, 0) is 4.79 Å². The fraction of sp³-hybridized carbons (Fsp3) is 0.0667. The highest BCUT2D eigenvalue weighted by Crippen LogP contribution is 2.28. The maximum Gasteiger partial charge on any atom is 0.326 e. The summed E-state index contributed by atoms with van der Waals surface area (Å²) in [5.41, 5.74) is 6.93. The Morgan fingerprint density at radius 2 is 1.95 bits per heavy atom. The number of fused-ring (bicyclic) bond motifs is 1. The molecule has 0 bridgehead atoms. The van der Waals surface area contributed by atoms with E-state index in [1.54, 1.807) is 5.38 Å². The van der Waals surface area contributed by atoms with Crippen LogP contribution in [0.1, 0.15) is 11.7 Å². The molecule has 5 heteroatoms. The molecule has 3 N–H and O–H groups in total. The first kappa shape index (κ1) is 12.8. The highest BCUT2D eigenvalue weighted by molar-refractivity contribution is 7.13. The van der Waals surface area contributed by atoms with E-state index in [2.05, 4.69) is 4.98 Å². The summed E-state index contributed by atoms with van der Waals surface area (Å²) in [6, 6.07) is 13.1. The van der Waals surface area contributed by atoms with Gasteiger partial charge in [0.15, 0.2) is 0 Å². The molecule has 3 rings (SSSR count). The molecular weight excluding hydrogens is 272 g/mol. The van der Waals surface area contributed by atoms with E-state index >= 15 is 0 Å². The van der Waals surface area contributed by atoms with Crippen LogP contribution in [0.2, 0.25) is 0 Å². The molecule has 0 amide bonds. The Kier molecular flexibility index (Phi) is 3.22. The monoisotopic (exact) mass is 284 g/mol. The number of carboxylic acid groups (broad SMARTS) is 1. The second kappa shape index (κ2) is 5.03. The molecule has 0 fully saturated rings. The third kappa shape index (κ3) is 2.29. The molecule has 1 aromatic heterocycles. The average molecular weight is 284 g/mol. The van der Waals surface area contributed by atoms with Gasteiger partial charge in [0.05, 0.1) is 5.69 Å². The molecule has 0 radical (unpaired) electrons. The number of carboxylic acids is 1. The lowest BCUT2D eigenvalue weighted by atomic mass is 10.1. The van der Waals surface area contributed by atoms with Crippen LogP contribution in [0.15, 0.2) is 47.8 Å². The van der Waals surface area contributed by atoms with E-state index in [1.807, 2.05) is 42.5 Å². The summed E-state index contributed by atoms with van der Waals surface area (Å²) < 4.78 is 0. The summed E-state index contributed by atoms with van der Waals surface area (Å²) in [4.78, 5) is 15.2. The van der Waals surface area contributed by atoms with Crippen molar-refractivity contribution < 1.29 is 9.90 Å².